The number of esters is 1. The number of carbonyl (C=O) groups is 1. The second-order valence-electron chi connectivity index (χ2n) is 2.73. The largest absolute Gasteiger partial charge is 0.465 e. The molecule has 0 aliphatic rings. The lowest BCUT2D eigenvalue weighted by atomic mass is 10.2. The first kappa shape index (κ1) is 11.0. The van der Waals surface area contributed by atoms with E-state index in [0.29, 0.717) is 18.5 Å². The van der Waals surface area contributed by atoms with Crippen molar-refractivity contribution < 1.29 is 9.53 Å². The first-order valence-corrected chi connectivity index (χ1v) is 4.32. The SMILES string of the molecule is COC(=O)c1ccc(CCN=[N+]=[N-])nc1. The van der Waals surface area contributed by atoms with E-state index < -0.39 is 5.97 Å². The minimum absolute atomic E-state index is 0.362. The minimum Gasteiger partial charge on any atom is -0.465 e. The zero-order valence-corrected chi connectivity index (χ0v) is 8.25. The van der Waals surface area contributed by atoms with E-state index in [2.05, 4.69) is 19.7 Å². The Morgan fingerprint density at radius 3 is 3.00 bits per heavy atom. The summed E-state index contributed by atoms with van der Waals surface area (Å²) in [6.45, 7) is 0.362. The van der Waals surface area contributed by atoms with Gasteiger partial charge in [-0.3, -0.25) is 4.98 Å². The van der Waals surface area contributed by atoms with E-state index >= 15 is 0 Å². The molecule has 1 heterocycles. The minimum atomic E-state index is -0.413. The molecule has 0 radical (unpaired) electrons. The van der Waals surface area contributed by atoms with Crippen molar-refractivity contribution in [3.05, 3.63) is 40.0 Å². The maximum atomic E-state index is 11.1. The Morgan fingerprint density at radius 2 is 2.47 bits per heavy atom. The van der Waals surface area contributed by atoms with Crippen LogP contribution >= 0.6 is 0 Å². The molecule has 0 aromatic carbocycles. The van der Waals surface area contributed by atoms with Gasteiger partial charge < -0.3 is 4.74 Å². The molecule has 0 bridgehead atoms. The summed E-state index contributed by atoms with van der Waals surface area (Å²) >= 11 is 0. The third kappa shape index (κ3) is 3.28. The molecule has 0 N–H and O–H groups in total. The monoisotopic (exact) mass is 206 g/mol. The lowest BCUT2D eigenvalue weighted by Gasteiger charge is -2.00. The van der Waals surface area contributed by atoms with Gasteiger partial charge in [-0.25, -0.2) is 4.79 Å². The fraction of sp³-hybridized carbons (Fsp3) is 0.333. The van der Waals surface area contributed by atoms with Crippen LogP contribution in [0.4, 0.5) is 0 Å². The molecule has 0 amide bonds. The van der Waals surface area contributed by atoms with Gasteiger partial charge in [0.25, 0.3) is 0 Å². The van der Waals surface area contributed by atoms with Crippen LogP contribution in [-0.2, 0) is 11.2 Å². The predicted octanol–water partition coefficient (Wildman–Crippen LogP) is 1.72. The summed E-state index contributed by atoms with van der Waals surface area (Å²) in [4.78, 5) is 17.7. The van der Waals surface area contributed by atoms with Crippen LogP contribution in [0.3, 0.4) is 0 Å². The number of carbonyl (C=O) groups excluding carboxylic acids is 1. The van der Waals surface area contributed by atoms with Crippen LogP contribution in [0.2, 0.25) is 0 Å². The van der Waals surface area contributed by atoms with Gasteiger partial charge in [-0.2, -0.15) is 0 Å². The molecule has 0 saturated carbocycles. The Labute approximate surface area is 86.5 Å². The second-order valence-corrected chi connectivity index (χ2v) is 2.73. The first-order chi connectivity index (χ1) is 7.27. The highest BCUT2D eigenvalue weighted by molar-refractivity contribution is 5.88. The van der Waals surface area contributed by atoms with E-state index in [1.165, 1.54) is 13.3 Å². The number of rotatable bonds is 4. The quantitative estimate of drug-likeness (QED) is 0.325. The molecule has 0 unspecified atom stereocenters. The number of azide groups is 1. The van der Waals surface area contributed by atoms with Crippen molar-refractivity contribution in [3.63, 3.8) is 0 Å². The third-order valence-electron chi connectivity index (χ3n) is 1.78. The highest BCUT2D eigenvalue weighted by Crippen LogP contribution is 2.02. The molecular formula is C9H10N4O2. The van der Waals surface area contributed by atoms with Crippen molar-refractivity contribution in [2.24, 2.45) is 5.11 Å². The Balaban J connectivity index is 2.63. The average molecular weight is 206 g/mol. The molecule has 0 saturated heterocycles. The van der Waals surface area contributed by atoms with Gasteiger partial charge in [-0.15, -0.1) is 0 Å². The molecule has 0 spiro atoms. The van der Waals surface area contributed by atoms with E-state index in [-0.39, 0.29) is 0 Å². The fourth-order valence-corrected chi connectivity index (χ4v) is 1.02. The molecule has 0 aliphatic heterocycles. The number of hydrogen-bond acceptors (Lipinski definition) is 4. The van der Waals surface area contributed by atoms with Gasteiger partial charge >= 0.3 is 5.97 Å². The molecule has 1 aromatic rings. The molecule has 6 heteroatoms. The predicted molar refractivity (Wildman–Crippen MR) is 53.3 cm³/mol. The third-order valence-corrected chi connectivity index (χ3v) is 1.78. The summed E-state index contributed by atoms with van der Waals surface area (Å²) < 4.78 is 4.53. The molecule has 0 fully saturated rings. The van der Waals surface area contributed by atoms with Crippen LogP contribution in [0.5, 0.6) is 0 Å². The highest BCUT2D eigenvalue weighted by atomic mass is 16.5. The molecule has 78 valence electrons. The molecule has 1 rings (SSSR count). The number of methoxy groups -OCH3 is 1. The highest BCUT2D eigenvalue weighted by Gasteiger charge is 2.04. The Bertz CT molecular complexity index is 382. The molecular weight excluding hydrogens is 196 g/mol. The van der Waals surface area contributed by atoms with Crippen molar-refractivity contribution in [3.8, 4) is 0 Å². The van der Waals surface area contributed by atoms with Crippen LogP contribution in [-0.4, -0.2) is 24.6 Å². The van der Waals surface area contributed by atoms with Gasteiger partial charge in [0, 0.05) is 23.3 Å². The van der Waals surface area contributed by atoms with Crippen molar-refractivity contribution >= 4 is 5.97 Å². The lowest BCUT2D eigenvalue weighted by Crippen LogP contribution is -2.02. The standard InChI is InChI=1S/C9H10N4O2/c1-15-9(14)7-2-3-8(11-6-7)4-5-12-13-10/h2-3,6H,4-5H2,1H3. The van der Waals surface area contributed by atoms with Gasteiger partial charge in [-0.05, 0) is 24.1 Å². The van der Waals surface area contributed by atoms with E-state index in [1.54, 1.807) is 12.1 Å². The van der Waals surface area contributed by atoms with E-state index in [1.807, 2.05) is 0 Å². The smallest absolute Gasteiger partial charge is 0.339 e. The average Bonchev–Trinajstić information content (AvgIpc) is 2.29. The van der Waals surface area contributed by atoms with Crippen molar-refractivity contribution in [2.75, 3.05) is 13.7 Å². The van der Waals surface area contributed by atoms with Crippen LogP contribution < -0.4 is 0 Å². The number of pyridine rings is 1. The number of ether oxygens (including phenoxy) is 1. The summed E-state index contributed by atoms with van der Waals surface area (Å²) in [5, 5.41) is 3.39. The molecule has 0 aliphatic carbocycles. The maximum absolute atomic E-state index is 11.1. The summed E-state index contributed by atoms with van der Waals surface area (Å²) in [5.74, 6) is -0.413. The fourth-order valence-electron chi connectivity index (χ4n) is 1.02. The van der Waals surface area contributed by atoms with Crippen LogP contribution in [0.1, 0.15) is 16.1 Å². The Hall–Kier alpha value is -2.07. The van der Waals surface area contributed by atoms with Crippen molar-refractivity contribution in [2.45, 2.75) is 6.42 Å². The van der Waals surface area contributed by atoms with Gasteiger partial charge in [0.1, 0.15) is 0 Å². The summed E-state index contributed by atoms with van der Waals surface area (Å²) in [6.07, 6.45) is 2.00. The number of aromatic nitrogens is 1. The zero-order chi connectivity index (χ0) is 11.1. The molecule has 0 atom stereocenters. The maximum Gasteiger partial charge on any atom is 0.339 e. The summed E-state index contributed by atoms with van der Waals surface area (Å²) in [6, 6.07) is 3.34. The van der Waals surface area contributed by atoms with E-state index in [4.69, 9.17) is 5.53 Å². The van der Waals surface area contributed by atoms with Gasteiger partial charge in [0.15, 0.2) is 0 Å². The van der Waals surface area contributed by atoms with Crippen LogP contribution in [0, 0.1) is 0 Å². The van der Waals surface area contributed by atoms with E-state index in [0.717, 1.165) is 5.69 Å². The topological polar surface area (TPSA) is 88.0 Å². The van der Waals surface area contributed by atoms with E-state index in [9.17, 15) is 4.79 Å². The van der Waals surface area contributed by atoms with Gasteiger partial charge in [0.05, 0.1) is 12.7 Å². The van der Waals surface area contributed by atoms with Crippen molar-refractivity contribution in [1.29, 1.82) is 0 Å². The molecule has 15 heavy (non-hydrogen) atoms. The Kier molecular flexibility index (Phi) is 4.12. The van der Waals surface area contributed by atoms with Crippen LogP contribution in [0.25, 0.3) is 10.4 Å². The first-order valence-electron chi connectivity index (χ1n) is 4.32. The molecule has 6 nitrogen and oxygen atoms in total. The normalized spacial score (nSPS) is 9.13. The number of hydrogen-bond donors (Lipinski definition) is 0. The zero-order valence-electron chi connectivity index (χ0n) is 8.25. The second kappa shape index (κ2) is 5.62. The lowest BCUT2D eigenvalue weighted by molar-refractivity contribution is 0.0600. The van der Waals surface area contributed by atoms with Crippen molar-refractivity contribution in [1.82, 2.24) is 4.98 Å². The number of nitrogens with zero attached hydrogens (tertiary/aromatic N) is 4. The Morgan fingerprint density at radius 1 is 1.67 bits per heavy atom. The summed E-state index contributed by atoms with van der Waals surface area (Å²) in [5.41, 5.74) is 9.25. The van der Waals surface area contributed by atoms with Gasteiger partial charge in [0.2, 0.25) is 0 Å². The molecule has 1 aromatic heterocycles. The summed E-state index contributed by atoms with van der Waals surface area (Å²) in [7, 11) is 1.32. The van der Waals surface area contributed by atoms with Gasteiger partial charge in [-0.1, -0.05) is 5.11 Å². The van der Waals surface area contributed by atoms with Crippen LogP contribution in [0.15, 0.2) is 23.4 Å².